The summed E-state index contributed by atoms with van der Waals surface area (Å²) in [6.45, 7) is 6.61. The van der Waals surface area contributed by atoms with Gasteiger partial charge in [0.05, 0.1) is 49.4 Å². The van der Waals surface area contributed by atoms with Gasteiger partial charge in [0.25, 0.3) is 5.92 Å². The molecule has 1 saturated heterocycles. The number of carbonyl (C=O) groups excluding carboxylic acids is 1. The number of rotatable bonds is 8. The van der Waals surface area contributed by atoms with Gasteiger partial charge in [0, 0.05) is 39.0 Å². The van der Waals surface area contributed by atoms with Crippen molar-refractivity contribution in [3.05, 3.63) is 46.4 Å². The fourth-order valence-electron chi connectivity index (χ4n) is 4.89. The molecule has 0 unspecified atom stereocenters. The molecule has 0 spiro atoms. The van der Waals surface area contributed by atoms with E-state index in [2.05, 4.69) is 33.9 Å². The first-order chi connectivity index (χ1) is 17.5. The van der Waals surface area contributed by atoms with Gasteiger partial charge in [0.1, 0.15) is 5.69 Å². The van der Waals surface area contributed by atoms with Gasteiger partial charge in [-0.1, -0.05) is 19.1 Å². The molecule has 0 saturated carbocycles. The lowest BCUT2D eigenvalue weighted by molar-refractivity contribution is -0.142. The van der Waals surface area contributed by atoms with Gasteiger partial charge >= 0.3 is 11.7 Å². The van der Waals surface area contributed by atoms with Crippen LogP contribution < -0.4 is 10.6 Å². The zero-order valence-electron chi connectivity index (χ0n) is 21.8. The van der Waals surface area contributed by atoms with E-state index < -0.39 is 24.4 Å². The number of halogens is 2. The number of piperidine rings is 1. The SMILES string of the molecule is COC(=O)C[C@@H]1CN(c2ccc(-c3nnn(C)c3Cn3ccn(CC(C)C)c3=O)nc2C)CC(F)(F)C1. The Labute approximate surface area is 213 Å². The van der Waals surface area contributed by atoms with Crippen LogP contribution in [0, 0.1) is 18.8 Å². The molecule has 0 bridgehead atoms. The number of anilines is 1. The summed E-state index contributed by atoms with van der Waals surface area (Å²) in [5.41, 5.74) is 2.77. The highest BCUT2D eigenvalue weighted by Gasteiger charge is 2.41. The third kappa shape index (κ3) is 5.89. The summed E-state index contributed by atoms with van der Waals surface area (Å²) in [6, 6.07) is 3.47. The fourth-order valence-corrected chi connectivity index (χ4v) is 4.89. The molecule has 0 amide bonds. The molecule has 0 aliphatic carbocycles. The van der Waals surface area contributed by atoms with Crippen LogP contribution in [0.4, 0.5) is 14.5 Å². The zero-order valence-corrected chi connectivity index (χ0v) is 21.8. The highest BCUT2D eigenvalue weighted by atomic mass is 19.3. The van der Waals surface area contributed by atoms with Crippen molar-refractivity contribution < 1.29 is 18.3 Å². The van der Waals surface area contributed by atoms with E-state index >= 15 is 0 Å². The van der Waals surface area contributed by atoms with Gasteiger partial charge in [-0.15, -0.1) is 5.10 Å². The molecule has 1 atom stereocenters. The van der Waals surface area contributed by atoms with E-state index in [0.717, 1.165) is 0 Å². The minimum absolute atomic E-state index is 0.0611. The lowest BCUT2D eigenvalue weighted by Crippen LogP contribution is -2.48. The van der Waals surface area contributed by atoms with Crippen molar-refractivity contribution in [1.29, 1.82) is 0 Å². The van der Waals surface area contributed by atoms with Crippen molar-refractivity contribution in [2.45, 2.75) is 52.6 Å². The average Bonchev–Trinajstić information content (AvgIpc) is 3.35. The second-order valence-corrected chi connectivity index (χ2v) is 10.2. The molecule has 200 valence electrons. The highest BCUT2D eigenvalue weighted by molar-refractivity contribution is 5.69. The molecule has 10 nitrogen and oxygen atoms in total. The van der Waals surface area contributed by atoms with Gasteiger partial charge in [-0.25, -0.2) is 23.2 Å². The summed E-state index contributed by atoms with van der Waals surface area (Å²) >= 11 is 0. The van der Waals surface area contributed by atoms with Crippen LogP contribution in [0.5, 0.6) is 0 Å². The number of ether oxygens (including phenoxy) is 1. The number of hydrogen-bond acceptors (Lipinski definition) is 7. The number of imidazole rings is 1. The predicted octanol–water partition coefficient (Wildman–Crippen LogP) is 2.88. The van der Waals surface area contributed by atoms with Crippen molar-refractivity contribution in [2.24, 2.45) is 18.9 Å². The normalized spacial score (nSPS) is 17.4. The first kappa shape index (κ1) is 26.5. The van der Waals surface area contributed by atoms with E-state index in [4.69, 9.17) is 0 Å². The molecule has 3 aromatic rings. The number of alkyl halides is 2. The Hall–Kier alpha value is -3.57. The summed E-state index contributed by atoms with van der Waals surface area (Å²) in [5, 5.41) is 8.40. The minimum Gasteiger partial charge on any atom is -0.469 e. The summed E-state index contributed by atoms with van der Waals surface area (Å²) < 4.78 is 38.6. The van der Waals surface area contributed by atoms with E-state index in [1.54, 1.807) is 57.2 Å². The van der Waals surface area contributed by atoms with Gasteiger partial charge in [-0.05, 0) is 30.9 Å². The lowest BCUT2D eigenvalue weighted by Gasteiger charge is -2.39. The Balaban J connectivity index is 1.59. The van der Waals surface area contributed by atoms with Crippen molar-refractivity contribution in [1.82, 2.24) is 29.1 Å². The quantitative estimate of drug-likeness (QED) is 0.424. The summed E-state index contributed by atoms with van der Waals surface area (Å²) in [4.78, 5) is 30.7. The van der Waals surface area contributed by atoms with E-state index in [1.165, 1.54) is 7.11 Å². The molecular weight excluding hydrogens is 484 g/mol. The minimum atomic E-state index is -2.93. The highest BCUT2D eigenvalue weighted by Crippen LogP contribution is 2.36. The maximum Gasteiger partial charge on any atom is 0.328 e. The molecule has 3 aromatic heterocycles. The molecular formula is C25H33F2N7O3. The third-order valence-corrected chi connectivity index (χ3v) is 6.56. The maximum absolute atomic E-state index is 14.5. The average molecular weight is 518 g/mol. The number of methoxy groups -OCH3 is 1. The van der Waals surface area contributed by atoms with Crippen molar-refractivity contribution in [2.75, 3.05) is 25.1 Å². The summed E-state index contributed by atoms with van der Waals surface area (Å²) in [6.07, 6.45) is 3.09. The molecule has 37 heavy (non-hydrogen) atoms. The second-order valence-electron chi connectivity index (χ2n) is 10.2. The summed E-state index contributed by atoms with van der Waals surface area (Å²) in [7, 11) is 3.01. The fraction of sp³-hybridized carbons (Fsp3) is 0.560. The van der Waals surface area contributed by atoms with Crippen molar-refractivity contribution >= 4 is 11.7 Å². The molecule has 4 rings (SSSR count). The van der Waals surface area contributed by atoms with Crippen LogP contribution in [-0.2, 0) is 29.7 Å². The third-order valence-electron chi connectivity index (χ3n) is 6.56. The van der Waals surface area contributed by atoms with E-state index in [9.17, 15) is 18.4 Å². The van der Waals surface area contributed by atoms with Gasteiger partial charge in [0.2, 0.25) is 0 Å². The van der Waals surface area contributed by atoms with Crippen LogP contribution in [0.25, 0.3) is 11.4 Å². The van der Waals surface area contributed by atoms with Crippen LogP contribution in [-0.4, -0.2) is 61.2 Å². The predicted molar refractivity (Wildman–Crippen MR) is 134 cm³/mol. The lowest BCUT2D eigenvalue weighted by atomic mass is 9.91. The van der Waals surface area contributed by atoms with Gasteiger partial charge in [0.15, 0.2) is 0 Å². The molecule has 1 aliphatic rings. The van der Waals surface area contributed by atoms with Gasteiger partial charge in [-0.2, -0.15) is 0 Å². The molecule has 1 aliphatic heterocycles. The maximum atomic E-state index is 14.5. The largest absolute Gasteiger partial charge is 0.469 e. The number of esters is 1. The molecule has 4 heterocycles. The Morgan fingerprint density at radius 1 is 1.24 bits per heavy atom. The smallest absolute Gasteiger partial charge is 0.328 e. The van der Waals surface area contributed by atoms with Crippen LogP contribution in [0.15, 0.2) is 29.3 Å². The summed E-state index contributed by atoms with van der Waals surface area (Å²) in [5.74, 6) is -3.62. The van der Waals surface area contributed by atoms with Crippen LogP contribution >= 0.6 is 0 Å². The van der Waals surface area contributed by atoms with Crippen LogP contribution in [0.2, 0.25) is 0 Å². The topological polar surface area (TPSA) is 100 Å². The number of aromatic nitrogens is 6. The Morgan fingerprint density at radius 3 is 2.65 bits per heavy atom. The molecule has 0 aromatic carbocycles. The Morgan fingerprint density at radius 2 is 1.97 bits per heavy atom. The second kappa shape index (κ2) is 10.4. The van der Waals surface area contributed by atoms with E-state index in [0.29, 0.717) is 47.5 Å². The molecule has 12 heteroatoms. The Kier molecular flexibility index (Phi) is 7.47. The number of hydrogen-bond donors (Lipinski definition) is 0. The van der Waals surface area contributed by atoms with Crippen molar-refractivity contribution in [3.63, 3.8) is 0 Å². The standard InChI is InChI=1S/C25H33F2N7O3/c1-16(2)12-32-8-9-33(24(32)36)14-21-23(29-30-31(21)4)19-6-7-20(17(3)28-19)34-13-18(10-22(35)37-5)11-25(26,27)15-34/h6-9,16,18H,10-15H2,1-5H3/t18-/m0/s1. The number of carbonyl (C=O) groups is 1. The first-order valence-corrected chi connectivity index (χ1v) is 12.3. The van der Waals surface area contributed by atoms with Gasteiger partial charge in [-0.3, -0.25) is 13.9 Å². The molecule has 0 N–H and O–H groups in total. The van der Waals surface area contributed by atoms with E-state index in [-0.39, 0.29) is 25.1 Å². The first-order valence-electron chi connectivity index (χ1n) is 12.3. The molecule has 0 radical (unpaired) electrons. The molecule has 1 fully saturated rings. The Bertz CT molecular complexity index is 1330. The van der Waals surface area contributed by atoms with Crippen LogP contribution in [0.3, 0.4) is 0 Å². The monoisotopic (exact) mass is 517 g/mol. The van der Waals surface area contributed by atoms with E-state index in [1.807, 2.05) is 0 Å². The van der Waals surface area contributed by atoms with Crippen LogP contribution in [0.1, 0.15) is 38.1 Å². The number of pyridine rings is 1. The number of nitrogens with zero attached hydrogens (tertiary/aromatic N) is 7. The van der Waals surface area contributed by atoms with Crippen molar-refractivity contribution in [3.8, 4) is 11.4 Å². The zero-order chi connectivity index (χ0) is 26.9. The number of aryl methyl sites for hydroxylation is 2. The van der Waals surface area contributed by atoms with Gasteiger partial charge < -0.3 is 9.64 Å².